The van der Waals surface area contributed by atoms with Crippen LogP contribution in [0.5, 0.6) is 5.75 Å². The van der Waals surface area contributed by atoms with Gasteiger partial charge in [-0.15, -0.1) is 0 Å². The summed E-state index contributed by atoms with van der Waals surface area (Å²) in [5.74, 6) is 0.418. The second kappa shape index (κ2) is 7.60. The van der Waals surface area contributed by atoms with Gasteiger partial charge in [-0.1, -0.05) is 20.8 Å². The first-order valence-corrected chi connectivity index (χ1v) is 7.20. The molecule has 0 aliphatic rings. The molecular formula is C16H26FNO2. The van der Waals surface area contributed by atoms with Crippen LogP contribution in [0.2, 0.25) is 0 Å². The van der Waals surface area contributed by atoms with Crippen molar-refractivity contribution >= 4 is 0 Å². The molecule has 0 aromatic heterocycles. The lowest BCUT2D eigenvalue weighted by atomic mass is 9.83. The topological polar surface area (TPSA) is 30.5 Å². The Hall–Kier alpha value is -1.13. The summed E-state index contributed by atoms with van der Waals surface area (Å²) >= 11 is 0. The highest BCUT2D eigenvalue weighted by atomic mass is 19.1. The van der Waals surface area contributed by atoms with Crippen molar-refractivity contribution < 1.29 is 13.9 Å². The lowest BCUT2D eigenvalue weighted by Gasteiger charge is -2.39. The van der Waals surface area contributed by atoms with E-state index in [2.05, 4.69) is 19.2 Å². The molecule has 3 nitrogen and oxygen atoms in total. The zero-order valence-electron chi connectivity index (χ0n) is 13.1. The number of ether oxygens (including phenoxy) is 2. The molecule has 0 radical (unpaired) electrons. The van der Waals surface area contributed by atoms with Crippen LogP contribution in [0.1, 0.15) is 45.2 Å². The molecular weight excluding hydrogens is 257 g/mol. The van der Waals surface area contributed by atoms with Crippen molar-refractivity contribution in [2.75, 3.05) is 20.8 Å². The minimum absolute atomic E-state index is 0.113. The highest BCUT2D eigenvalue weighted by molar-refractivity contribution is 5.38. The molecule has 1 aromatic rings. The van der Waals surface area contributed by atoms with Crippen LogP contribution in [0.25, 0.3) is 0 Å². The number of likely N-dealkylation sites (N-methyl/N-ethyl adjacent to an activating group) is 1. The van der Waals surface area contributed by atoms with Crippen molar-refractivity contribution in [1.29, 1.82) is 0 Å². The summed E-state index contributed by atoms with van der Waals surface area (Å²) in [5, 5.41) is 3.42. The third-order valence-electron chi connectivity index (χ3n) is 4.04. The predicted molar refractivity (Wildman–Crippen MR) is 79.7 cm³/mol. The first kappa shape index (κ1) is 16.9. The fourth-order valence-electron chi connectivity index (χ4n) is 2.78. The highest BCUT2D eigenvalue weighted by Crippen LogP contribution is 2.39. The summed E-state index contributed by atoms with van der Waals surface area (Å²) in [6, 6.07) is 4.50. The third kappa shape index (κ3) is 3.30. The van der Waals surface area contributed by atoms with Gasteiger partial charge >= 0.3 is 0 Å². The molecule has 1 aromatic carbocycles. The fourth-order valence-corrected chi connectivity index (χ4v) is 2.78. The van der Waals surface area contributed by atoms with Crippen molar-refractivity contribution in [3.63, 3.8) is 0 Å². The first-order chi connectivity index (χ1) is 9.58. The molecule has 0 fully saturated rings. The maximum atomic E-state index is 13.7. The summed E-state index contributed by atoms with van der Waals surface area (Å²) in [4.78, 5) is 0. The van der Waals surface area contributed by atoms with Crippen LogP contribution in [-0.4, -0.2) is 26.4 Å². The maximum absolute atomic E-state index is 13.7. The van der Waals surface area contributed by atoms with Crippen LogP contribution in [-0.2, 0) is 4.74 Å². The number of hydrogen-bond donors (Lipinski definition) is 1. The Labute approximate surface area is 121 Å². The van der Waals surface area contributed by atoms with Crippen molar-refractivity contribution in [2.45, 2.75) is 45.3 Å². The summed E-state index contributed by atoms with van der Waals surface area (Å²) in [7, 11) is 3.31. The van der Waals surface area contributed by atoms with E-state index in [0.717, 1.165) is 24.9 Å². The molecule has 0 aliphatic carbocycles. The molecule has 0 amide bonds. The van der Waals surface area contributed by atoms with E-state index in [1.807, 2.05) is 6.92 Å². The monoisotopic (exact) mass is 283 g/mol. The van der Waals surface area contributed by atoms with Crippen molar-refractivity contribution in [3.05, 3.63) is 29.6 Å². The number of halogens is 1. The maximum Gasteiger partial charge on any atom is 0.123 e. The Morgan fingerprint density at radius 3 is 2.30 bits per heavy atom. The molecule has 4 heteroatoms. The minimum atomic E-state index is -0.378. The minimum Gasteiger partial charge on any atom is -0.496 e. The Balaban J connectivity index is 3.35. The van der Waals surface area contributed by atoms with Gasteiger partial charge in [-0.3, -0.25) is 0 Å². The molecule has 0 heterocycles. The van der Waals surface area contributed by atoms with Gasteiger partial charge in [0.2, 0.25) is 0 Å². The van der Waals surface area contributed by atoms with E-state index in [-0.39, 0.29) is 17.5 Å². The van der Waals surface area contributed by atoms with Gasteiger partial charge in [-0.05, 0) is 37.6 Å². The number of methoxy groups -OCH3 is 2. The van der Waals surface area contributed by atoms with Gasteiger partial charge < -0.3 is 14.8 Å². The highest BCUT2D eigenvalue weighted by Gasteiger charge is 2.38. The van der Waals surface area contributed by atoms with E-state index in [1.165, 1.54) is 12.1 Å². The van der Waals surface area contributed by atoms with Crippen molar-refractivity contribution in [1.82, 2.24) is 5.32 Å². The molecule has 20 heavy (non-hydrogen) atoms. The molecule has 0 saturated heterocycles. The van der Waals surface area contributed by atoms with E-state index in [0.29, 0.717) is 5.75 Å². The van der Waals surface area contributed by atoms with Gasteiger partial charge in [0.1, 0.15) is 11.6 Å². The third-order valence-corrected chi connectivity index (χ3v) is 4.04. The Morgan fingerprint density at radius 2 is 1.85 bits per heavy atom. The largest absolute Gasteiger partial charge is 0.496 e. The summed E-state index contributed by atoms with van der Waals surface area (Å²) in [5.41, 5.74) is 0.428. The fraction of sp³-hybridized carbons (Fsp3) is 0.625. The molecule has 1 unspecified atom stereocenters. The molecule has 1 rings (SSSR count). The molecule has 0 aliphatic heterocycles. The van der Waals surface area contributed by atoms with Crippen molar-refractivity contribution in [3.8, 4) is 5.75 Å². The average molecular weight is 283 g/mol. The number of hydrogen-bond acceptors (Lipinski definition) is 3. The Kier molecular flexibility index (Phi) is 6.43. The Bertz CT molecular complexity index is 411. The van der Waals surface area contributed by atoms with E-state index >= 15 is 0 Å². The average Bonchev–Trinajstić information content (AvgIpc) is 2.48. The standard InChI is InChI=1S/C16H26FNO2/c1-6-16(7-2,20-5)15(18-8-3)13-11-12(17)9-10-14(13)19-4/h9-11,15,18H,6-8H2,1-5H3. The summed E-state index contributed by atoms with van der Waals surface area (Å²) in [6.45, 7) is 6.98. The van der Waals surface area contributed by atoms with Crippen LogP contribution in [0.4, 0.5) is 4.39 Å². The van der Waals surface area contributed by atoms with Crippen LogP contribution in [0, 0.1) is 5.82 Å². The normalized spacial score (nSPS) is 13.3. The van der Waals surface area contributed by atoms with Gasteiger partial charge in [0.05, 0.1) is 18.8 Å². The van der Waals surface area contributed by atoms with Gasteiger partial charge in [-0.25, -0.2) is 4.39 Å². The zero-order chi connectivity index (χ0) is 15.2. The van der Waals surface area contributed by atoms with Gasteiger partial charge in [0.15, 0.2) is 0 Å². The van der Waals surface area contributed by atoms with E-state index in [1.54, 1.807) is 20.3 Å². The lowest BCUT2D eigenvalue weighted by Crippen LogP contribution is -2.45. The van der Waals surface area contributed by atoms with Crippen LogP contribution in [0.3, 0.4) is 0 Å². The molecule has 1 atom stereocenters. The molecule has 0 spiro atoms. The summed E-state index contributed by atoms with van der Waals surface area (Å²) < 4.78 is 24.9. The molecule has 1 N–H and O–H groups in total. The van der Waals surface area contributed by atoms with Crippen LogP contribution < -0.4 is 10.1 Å². The lowest BCUT2D eigenvalue weighted by molar-refractivity contribution is -0.0487. The Morgan fingerprint density at radius 1 is 1.20 bits per heavy atom. The second-order valence-corrected chi connectivity index (χ2v) is 4.85. The van der Waals surface area contributed by atoms with Crippen molar-refractivity contribution in [2.24, 2.45) is 0 Å². The van der Waals surface area contributed by atoms with E-state index < -0.39 is 0 Å². The van der Waals surface area contributed by atoms with Crippen LogP contribution >= 0.6 is 0 Å². The predicted octanol–water partition coefficient (Wildman–Crippen LogP) is 3.69. The molecule has 0 bridgehead atoms. The quantitative estimate of drug-likeness (QED) is 0.789. The SMILES string of the molecule is CCNC(c1cc(F)ccc1OC)C(CC)(CC)OC. The molecule has 114 valence electrons. The van der Waals surface area contributed by atoms with E-state index in [9.17, 15) is 4.39 Å². The van der Waals surface area contributed by atoms with Gasteiger partial charge in [0, 0.05) is 12.7 Å². The van der Waals surface area contributed by atoms with Gasteiger partial charge in [0.25, 0.3) is 0 Å². The second-order valence-electron chi connectivity index (χ2n) is 4.85. The number of rotatable bonds is 8. The van der Waals surface area contributed by atoms with E-state index in [4.69, 9.17) is 9.47 Å². The van der Waals surface area contributed by atoms with Crippen LogP contribution in [0.15, 0.2) is 18.2 Å². The number of benzene rings is 1. The zero-order valence-corrected chi connectivity index (χ0v) is 13.1. The smallest absolute Gasteiger partial charge is 0.123 e. The number of nitrogens with one attached hydrogen (secondary N) is 1. The first-order valence-electron chi connectivity index (χ1n) is 7.20. The summed E-state index contributed by atoms with van der Waals surface area (Å²) in [6.07, 6.45) is 1.66. The molecule has 0 saturated carbocycles. The van der Waals surface area contributed by atoms with Gasteiger partial charge in [-0.2, -0.15) is 0 Å².